The predicted molar refractivity (Wildman–Crippen MR) is 57.3 cm³/mol. The van der Waals surface area contributed by atoms with Crippen LogP contribution >= 0.6 is 15.9 Å². The van der Waals surface area contributed by atoms with Crippen LogP contribution in [-0.4, -0.2) is 24.7 Å². The van der Waals surface area contributed by atoms with Crippen molar-refractivity contribution in [3.05, 3.63) is 24.3 Å². The molecule has 0 N–H and O–H groups in total. The molecule has 0 bridgehead atoms. The van der Waals surface area contributed by atoms with E-state index in [-0.39, 0.29) is 0 Å². The van der Waals surface area contributed by atoms with Gasteiger partial charge in [0.05, 0.1) is 7.11 Å². The second-order valence-electron chi connectivity index (χ2n) is 3.00. The van der Waals surface area contributed by atoms with E-state index in [1.165, 1.54) is 13.2 Å². The molecule has 1 aromatic carbocycles. The molecular formula is C10H10BrF3O2. The van der Waals surface area contributed by atoms with Crippen LogP contribution in [0.25, 0.3) is 0 Å². The highest BCUT2D eigenvalue weighted by Crippen LogP contribution is 2.27. The van der Waals surface area contributed by atoms with E-state index in [2.05, 4.69) is 15.9 Å². The first kappa shape index (κ1) is 13.2. The second kappa shape index (κ2) is 5.43. The highest BCUT2D eigenvalue weighted by molar-refractivity contribution is 9.09. The summed E-state index contributed by atoms with van der Waals surface area (Å²) in [5.41, 5.74) is 0. The van der Waals surface area contributed by atoms with Gasteiger partial charge in [0.15, 0.2) is 0 Å². The number of benzene rings is 1. The van der Waals surface area contributed by atoms with E-state index in [9.17, 15) is 13.2 Å². The SMILES string of the molecule is COc1cccc(OCC(Br)C(F)(F)F)c1. The molecule has 0 spiro atoms. The normalized spacial score (nSPS) is 13.3. The number of methoxy groups -OCH3 is 1. The lowest BCUT2D eigenvalue weighted by Crippen LogP contribution is -2.28. The Morgan fingerprint density at radius 1 is 1.31 bits per heavy atom. The minimum atomic E-state index is -4.31. The molecule has 0 aliphatic rings. The Morgan fingerprint density at radius 3 is 2.50 bits per heavy atom. The zero-order valence-electron chi connectivity index (χ0n) is 8.42. The molecule has 0 heterocycles. The summed E-state index contributed by atoms with van der Waals surface area (Å²) in [6.45, 7) is -0.476. The third-order valence-electron chi connectivity index (χ3n) is 1.79. The van der Waals surface area contributed by atoms with Gasteiger partial charge in [-0.1, -0.05) is 22.0 Å². The van der Waals surface area contributed by atoms with Gasteiger partial charge < -0.3 is 9.47 Å². The van der Waals surface area contributed by atoms with E-state index in [0.29, 0.717) is 11.5 Å². The number of rotatable bonds is 4. The lowest BCUT2D eigenvalue weighted by Gasteiger charge is -2.15. The average Bonchev–Trinajstić information content (AvgIpc) is 2.25. The summed E-state index contributed by atoms with van der Waals surface area (Å²) in [5, 5.41) is 0. The molecular weight excluding hydrogens is 289 g/mol. The Bertz CT molecular complexity index is 341. The molecule has 2 nitrogen and oxygen atoms in total. The molecule has 1 rings (SSSR count). The molecule has 6 heteroatoms. The van der Waals surface area contributed by atoms with Crippen LogP contribution in [0.4, 0.5) is 13.2 Å². The first-order valence-electron chi connectivity index (χ1n) is 4.41. The quantitative estimate of drug-likeness (QED) is 0.793. The van der Waals surface area contributed by atoms with Gasteiger partial charge in [-0.25, -0.2) is 0 Å². The monoisotopic (exact) mass is 298 g/mol. The van der Waals surface area contributed by atoms with E-state index in [0.717, 1.165) is 0 Å². The average molecular weight is 299 g/mol. The van der Waals surface area contributed by atoms with Crippen LogP contribution in [0.1, 0.15) is 0 Å². The number of ether oxygens (including phenoxy) is 2. The first-order chi connectivity index (χ1) is 7.43. The molecule has 0 aliphatic heterocycles. The van der Waals surface area contributed by atoms with Crippen LogP contribution in [0.3, 0.4) is 0 Å². The zero-order valence-corrected chi connectivity index (χ0v) is 10.0. The number of halogens is 4. The topological polar surface area (TPSA) is 18.5 Å². The minimum Gasteiger partial charge on any atom is -0.497 e. The lowest BCUT2D eigenvalue weighted by atomic mass is 10.3. The van der Waals surface area contributed by atoms with Crippen LogP contribution in [0.15, 0.2) is 24.3 Å². The van der Waals surface area contributed by atoms with E-state index in [1.54, 1.807) is 18.2 Å². The molecule has 0 amide bonds. The molecule has 1 unspecified atom stereocenters. The molecule has 90 valence electrons. The van der Waals surface area contributed by atoms with E-state index in [4.69, 9.17) is 9.47 Å². The molecule has 0 radical (unpaired) electrons. The summed E-state index contributed by atoms with van der Waals surface area (Å²) in [7, 11) is 1.47. The van der Waals surface area contributed by atoms with Gasteiger partial charge in [0.25, 0.3) is 0 Å². The molecule has 0 saturated carbocycles. The van der Waals surface area contributed by atoms with Crippen LogP contribution < -0.4 is 9.47 Å². The summed E-state index contributed by atoms with van der Waals surface area (Å²) in [6.07, 6.45) is -4.31. The van der Waals surface area contributed by atoms with Gasteiger partial charge in [-0.3, -0.25) is 0 Å². The molecule has 0 aliphatic carbocycles. The van der Waals surface area contributed by atoms with Crippen molar-refractivity contribution in [1.82, 2.24) is 0 Å². The number of hydrogen-bond donors (Lipinski definition) is 0. The predicted octanol–water partition coefficient (Wildman–Crippen LogP) is 3.40. The van der Waals surface area contributed by atoms with Crippen molar-refractivity contribution in [2.45, 2.75) is 11.0 Å². The Kier molecular flexibility index (Phi) is 4.46. The maximum Gasteiger partial charge on any atom is 0.404 e. The van der Waals surface area contributed by atoms with Crippen LogP contribution in [-0.2, 0) is 0 Å². The maximum absolute atomic E-state index is 12.1. The van der Waals surface area contributed by atoms with Crippen LogP contribution in [0.5, 0.6) is 11.5 Å². The number of hydrogen-bond acceptors (Lipinski definition) is 2. The smallest absolute Gasteiger partial charge is 0.404 e. The molecule has 0 aromatic heterocycles. The highest BCUT2D eigenvalue weighted by Gasteiger charge is 2.38. The Labute approximate surface area is 99.5 Å². The fourth-order valence-electron chi connectivity index (χ4n) is 0.955. The lowest BCUT2D eigenvalue weighted by molar-refractivity contribution is -0.132. The van der Waals surface area contributed by atoms with E-state index >= 15 is 0 Å². The largest absolute Gasteiger partial charge is 0.497 e. The molecule has 0 saturated heterocycles. The summed E-state index contributed by atoms with van der Waals surface area (Å²) in [6, 6.07) is 6.42. The fraction of sp³-hybridized carbons (Fsp3) is 0.400. The summed E-state index contributed by atoms with van der Waals surface area (Å²) < 4.78 is 46.3. The van der Waals surface area contributed by atoms with Gasteiger partial charge in [-0.2, -0.15) is 13.2 Å². The first-order valence-corrected chi connectivity index (χ1v) is 5.32. The molecule has 16 heavy (non-hydrogen) atoms. The third-order valence-corrected chi connectivity index (χ3v) is 2.58. The van der Waals surface area contributed by atoms with Gasteiger partial charge in [0.1, 0.15) is 22.9 Å². The maximum atomic E-state index is 12.1. The fourth-order valence-corrected chi connectivity index (χ4v) is 1.09. The third kappa shape index (κ3) is 3.92. The van der Waals surface area contributed by atoms with Gasteiger partial charge in [-0.15, -0.1) is 0 Å². The van der Waals surface area contributed by atoms with Crippen molar-refractivity contribution < 1.29 is 22.6 Å². The van der Waals surface area contributed by atoms with Gasteiger partial charge in [0.2, 0.25) is 0 Å². The van der Waals surface area contributed by atoms with E-state index in [1.807, 2.05) is 0 Å². The second-order valence-corrected chi connectivity index (χ2v) is 4.10. The van der Waals surface area contributed by atoms with Gasteiger partial charge in [0, 0.05) is 6.07 Å². The molecule has 1 atom stereocenters. The molecule has 1 aromatic rings. The minimum absolute atomic E-state index is 0.341. The van der Waals surface area contributed by atoms with Crippen molar-refractivity contribution in [3.8, 4) is 11.5 Å². The summed E-state index contributed by atoms with van der Waals surface area (Å²) >= 11 is 2.51. The Morgan fingerprint density at radius 2 is 1.94 bits per heavy atom. The molecule has 0 fully saturated rings. The van der Waals surface area contributed by atoms with Crippen molar-refractivity contribution in [2.75, 3.05) is 13.7 Å². The summed E-state index contributed by atoms with van der Waals surface area (Å²) in [4.78, 5) is -1.67. The highest BCUT2D eigenvalue weighted by atomic mass is 79.9. The van der Waals surface area contributed by atoms with Gasteiger partial charge in [-0.05, 0) is 12.1 Å². The van der Waals surface area contributed by atoms with Crippen molar-refractivity contribution in [1.29, 1.82) is 0 Å². The Balaban J connectivity index is 2.54. The summed E-state index contributed by atoms with van der Waals surface area (Å²) in [5.74, 6) is 0.878. The number of alkyl halides is 4. The van der Waals surface area contributed by atoms with Gasteiger partial charge >= 0.3 is 6.18 Å². The van der Waals surface area contributed by atoms with E-state index < -0.39 is 17.6 Å². The van der Waals surface area contributed by atoms with Crippen molar-refractivity contribution >= 4 is 15.9 Å². The van der Waals surface area contributed by atoms with Crippen molar-refractivity contribution in [3.63, 3.8) is 0 Å². The zero-order chi connectivity index (χ0) is 12.2. The van der Waals surface area contributed by atoms with Crippen molar-refractivity contribution in [2.24, 2.45) is 0 Å². The standard InChI is InChI=1S/C10H10BrF3O2/c1-15-7-3-2-4-8(5-7)16-6-9(11)10(12,13)14/h2-5,9H,6H2,1H3. The van der Waals surface area contributed by atoms with Crippen LogP contribution in [0.2, 0.25) is 0 Å². The van der Waals surface area contributed by atoms with Crippen LogP contribution in [0, 0.1) is 0 Å². The Hall–Kier alpha value is -0.910.